The van der Waals surface area contributed by atoms with Gasteiger partial charge in [0.25, 0.3) is 0 Å². The number of pyridine rings is 1. The molecular formula is C18H16N4. The molecule has 0 aliphatic heterocycles. The lowest BCUT2D eigenvalue weighted by atomic mass is 10.2. The van der Waals surface area contributed by atoms with E-state index >= 15 is 0 Å². The summed E-state index contributed by atoms with van der Waals surface area (Å²) >= 11 is 0. The molecule has 0 fully saturated rings. The van der Waals surface area contributed by atoms with Gasteiger partial charge in [-0.25, -0.2) is 4.98 Å². The predicted octanol–water partition coefficient (Wildman–Crippen LogP) is 5.55. The topological polar surface area (TPSA) is 49.6 Å². The maximum Gasteiger partial charge on any atom is 0.177 e. The highest BCUT2D eigenvalue weighted by molar-refractivity contribution is 5.61. The second kappa shape index (κ2) is 6.63. The fourth-order valence-electron chi connectivity index (χ4n) is 1.99. The van der Waals surface area contributed by atoms with Gasteiger partial charge in [0.15, 0.2) is 5.82 Å². The van der Waals surface area contributed by atoms with E-state index in [1.54, 1.807) is 6.20 Å². The molecule has 0 atom stereocenters. The number of hydrogen-bond acceptors (Lipinski definition) is 4. The third-order valence-corrected chi connectivity index (χ3v) is 3.17. The number of nitrogens with one attached hydrogen (secondary N) is 1. The highest BCUT2D eigenvalue weighted by Crippen LogP contribution is 2.22. The molecule has 3 rings (SSSR count). The fraction of sp³-hybridized carbons (Fsp3) is 0.0556. The maximum absolute atomic E-state index is 4.22. The summed E-state index contributed by atoms with van der Waals surface area (Å²) in [4.78, 5) is 4.19. The molecule has 1 N–H and O–H groups in total. The molecule has 2 aromatic carbocycles. The van der Waals surface area contributed by atoms with Crippen LogP contribution in [0.1, 0.15) is 5.56 Å². The minimum atomic E-state index is 0.647. The average Bonchev–Trinajstić information content (AvgIpc) is 2.56. The van der Waals surface area contributed by atoms with Crippen LogP contribution in [0.3, 0.4) is 0 Å². The van der Waals surface area contributed by atoms with Gasteiger partial charge in [-0.2, -0.15) is 0 Å². The number of azo groups is 1. The Bertz CT molecular complexity index is 765. The van der Waals surface area contributed by atoms with E-state index in [-0.39, 0.29) is 0 Å². The normalized spacial score (nSPS) is 10.8. The Kier molecular flexibility index (Phi) is 4.20. The lowest BCUT2D eigenvalue weighted by molar-refractivity contribution is 1.13. The number of nitrogens with zero attached hydrogens (tertiary/aromatic N) is 3. The molecule has 108 valence electrons. The Balaban J connectivity index is 1.71. The summed E-state index contributed by atoms with van der Waals surface area (Å²) in [5.74, 6) is 0.647. The van der Waals surface area contributed by atoms with E-state index < -0.39 is 0 Å². The third kappa shape index (κ3) is 3.55. The molecule has 0 radical (unpaired) electrons. The Morgan fingerprint density at radius 1 is 0.773 bits per heavy atom. The monoisotopic (exact) mass is 288 g/mol. The first kappa shape index (κ1) is 13.9. The lowest BCUT2D eigenvalue weighted by Gasteiger charge is -2.05. The zero-order valence-electron chi connectivity index (χ0n) is 12.3. The number of anilines is 2. The van der Waals surface area contributed by atoms with Crippen molar-refractivity contribution in [3.63, 3.8) is 0 Å². The molecular weight excluding hydrogens is 272 g/mol. The second-order valence-electron chi connectivity index (χ2n) is 4.88. The molecule has 0 unspecified atom stereocenters. The molecule has 1 aromatic heterocycles. The molecule has 1 heterocycles. The predicted molar refractivity (Wildman–Crippen MR) is 89.3 cm³/mol. The van der Waals surface area contributed by atoms with E-state index in [0.717, 1.165) is 22.6 Å². The van der Waals surface area contributed by atoms with E-state index in [1.807, 2.05) is 73.7 Å². The van der Waals surface area contributed by atoms with Crippen molar-refractivity contribution in [1.82, 2.24) is 4.98 Å². The standard InChI is InChI=1S/C18H16N4/c1-14-6-5-13-19-18(14)22-21-17-11-9-16(10-12-17)20-15-7-3-2-4-8-15/h2-13,20H,1H3. The van der Waals surface area contributed by atoms with E-state index in [4.69, 9.17) is 0 Å². The summed E-state index contributed by atoms with van der Waals surface area (Å²) in [5.41, 5.74) is 3.87. The molecule has 0 spiro atoms. The minimum absolute atomic E-state index is 0.647. The molecule has 0 bridgehead atoms. The minimum Gasteiger partial charge on any atom is -0.356 e. The van der Waals surface area contributed by atoms with E-state index in [9.17, 15) is 0 Å². The van der Waals surface area contributed by atoms with Gasteiger partial charge in [-0.1, -0.05) is 24.3 Å². The summed E-state index contributed by atoms with van der Waals surface area (Å²) < 4.78 is 0. The Morgan fingerprint density at radius 2 is 1.50 bits per heavy atom. The van der Waals surface area contributed by atoms with Crippen LogP contribution in [0.5, 0.6) is 0 Å². The van der Waals surface area contributed by atoms with Crippen molar-refractivity contribution in [3.05, 3.63) is 78.5 Å². The number of rotatable bonds is 4. The third-order valence-electron chi connectivity index (χ3n) is 3.17. The molecule has 0 aliphatic rings. The maximum atomic E-state index is 4.22. The van der Waals surface area contributed by atoms with Crippen LogP contribution in [0, 0.1) is 6.92 Å². The Morgan fingerprint density at radius 3 is 2.23 bits per heavy atom. The van der Waals surface area contributed by atoms with Gasteiger partial charge in [0.2, 0.25) is 0 Å². The van der Waals surface area contributed by atoms with Crippen LogP contribution in [0.15, 0.2) is 83.2 Å². The van der Waals surface area contributed by atoms with Gasteiger partial charge in [-0.15, -0.1) is 10.2 Å². The molecule has 3 aromatic rings. The number of aromatic nitrogens is 1. The van der Waals surface area contributed by atoms with Crippen LogP contribution in [0.25, 0.3) is 0 Å². The van der Waals surface area contributed by atoms with Crippen molar-refractivity contribution in [3.8, 4) is 0 Å². The van der Waals surface area contributed by atoms with Crippen molar-refractivity contribution in [1.29, 1.82) is 0 Å². The van der Waals surface area contributed by atoms with Gasteiger partial charge in [-0.05, 0) is 55.0 Å². The van der Waals surface area contributed by atoms with E-state index in [0.29, 0.717) is 5.82 Å². The molecule has 22 heavy (non-hydrogen) atoms. The molecule has 0 saturated carbocycles. The molecule has 0 aliphatic carbocycles. The van der Waals surface area contributed by atoms with E-state index in [2.05, 4.69) is 20.5 Å². The van der Waals surface area contributed by atoms with Crippen LogP contribution in [-0.2, 0) is 0 Å². The summed E-state index contributed by atoms with van der Waals surface area (Å²) in [7, 11) is 0. The smallest absolute Gasteiger partial charge is 0.177 e. The quantitative estimate of drug-likeness (QED) is 0.640. The fourth-order valence-corrected chi connectivity index (χ4v) is 1.99. The highest BCUT2D eigenvalue weighted by Gasteiger charge is 1.97. The first-order chi connectivity index (χ1) is 10.8. The number of hydrogen-bond donors (Lipinski definition) is 1. The lowest BCUT2D eigenvalue weighted by Crippen LogP contribution is -1.88. The van der Waals surface area contributed by atoms with E-state index in [1.165, 1.54) is 0 Å². The molecule has 0 saturated heterocycles. The van der Waals surface area contributed by atoms with Crippen molar-refractivity contribution in [2.24, 2.45) is 10.2 Å². The summed E-state index contributed by atoms with van der Waals surface area (Å²) in [6, 6.07) is 21.7. The number of para-hydroxylation sites is 1. The number of benzene rings is 2. The zero-order chi connectivity index (χ0) is 15.2. The largest absolute Gasteiger partial charge is 0.356 e. The van der Waals surface area contributed by atoms with Crippen LogP contribution < -0.4 is 5.32 Å². The first-order valence-electron chi connectivity index (χ1n) is 7.07. The van der Waals surface area contributed by atoms with Gasteiger partial charge in [0.1, 0.15) is 0 Å². The van der Waals surface area contributed by atoms with Gasteiger partial charge < -0.3 is 5.32 Å². The average molecular weight is 288 g/mol. The van der Waals surface area contributed by atoms with Gasteiger partial charge in [-0.3, -0.25) is 0 Å². The van der Waals surface area contributed by atoms with Gasteiger partial charge >= 0.3 is 0 Å². The zero-order valence-corrected chi connectivity index (χ0v) is 12.3. The van der Waals surface area contributed by atoms with Crippen LogP contribution in [0.2, 0.25) is 0 Å². The summed E-state index contributed by atoms with van der Waals surface area (Å²) in [5, 5.41) is 11.7. The van der Waals surface area contributed by atoms with Crippen LogP contribution in [0.4, 0.5) is 22.9 Å². The van der Waals surface area contributed by atoms with Crippen molar-refractivity contribution in [2.45, 2.75) is 6.92 Å². The Labute approximate surface area is 129 Å². The van der Waals surface area contributed by atoms with Crippen molar-refractivity contribution >= 4 is 22.9 Å². The second-order valence-corrected chi connectivity index (χ2v) is 4.88. The molecule has 0 amide bonds. The summed E-state index contributed by atoms with van der Waals surface area (Å²) in [6.45, 7) is 1.97. The number of aryl methyl sites for hydroxylation is 1. The summed E-state index contributed by atoms with van der Waals surface area (Å²) in [6.07, 6.45) is 1.72. The van der Waals surface area contributed by atoms with Crippen molar-refractivity contribution in [2.75, 3.05) is 5.32 Å². The van der Waals surface area contributed by atoms with Crippen molar-refractivity contribution < 1.29 is 0 Å². The first-order valence-corrected chi connectivity index (χ1v) is 7.07. The Hall–Kier alpha value is -3.01. The highest BCUT2D eigenvalue weighted by atomic mass is 15.1. The van der Waals surface area contributed by atoms with Gasteiger partial charge in [0, 0.05) is 17.6 Å². The molecule has 4 heteroatoms. The van der Waals surface area contributed by atoms with Crippen LogP contribution in [-0.4, -0.2) is 4.98 Å². The van der Waals surface area contributed by atoms with Gasteiger partial charge in [0.05, 0.1) is 5.69 Å². The SMILES string of the molecule is Cc1cccnc1N=Nc1ccc(Nc2ccccc2)cc1. The molecule has 4 nitrogen and oxygen atoms in total. The van der Waals surface area contributed by atoms with Crippen LogP contribution >= 0.6 is 0 Å².